The Hall–Kier alpha value is -1.95. The van der Waals surface area contributed by atoms with Gasteiger partial charge in [-0.3, -0.25) is 4.79 Å². The third kappa shape index (κ3) is 7.58. The highest BCUT2D eigenvalue weighted by Crippen LogP contribution is 2.59. The molecule has 4 unspecified atom stereocenters. The molecule has 2 saturated heterocycles. The van der Waals surface area contributed by atoms with E-state index in [9.17, 15) is 14.4 Å². The first-order valence-corrected chi connectivity index (χ1v) is 13.9. The number of esters is 1. The second-order valence-corrected chi connectivity index (χ2v) is 11.4. The monoisotopic (exact) mass is 541 g/mol. The Labute approximate surface area is 226 Å². The van der Waals surface area contributed by atoms with Gasteiger partial charge in [0.05, 0.1) is 32.3 Å². The van der Waals surface area contributed by atoms with E-state index in [2.05, 4.69) is 36.7 Å². The number of unbranched alkanes of at least 4 members (excludes halogenated alkanes) is 1. The highest BCUT2D eigenvalue weighted by molar-refractivity contribution is 5.81. The van der Waals surface area contributed by atoms with Crippen LogP contribution in [0.1, 0.15) is 65.7 Å². The molecule has 0 aromatic heterocycles. The summed E-state index contributed by atoms with van der Waals surface area (Å²) in [6, 6.07) is -0.844. The lowest BCUT2D eigenvalue weighted by molar-refractivity contribution is -0.143. The average molecular weight is 542 g/mol. The first kappa shape index (κ1) is 30.6. The van der Waals surface area contributed by atoms with Gasteiger partial charge in [-0.15, -0.1) is 0 Å². The number of epoxide rings is 2. The van der Waals surface area contributed by atoms with Gasteiger partial charge in [0.15, 0.2) is 0 Å². The van der Waals surface area contributed by atoms with Gasteiger partial charge in [-0.05, 0) is 64.8 Å². The van der Waals surface area contributed by atoms with Gasteiger partial charge in [-0.25, -0.2) is 9.59 Å². The number of amides is 2. The Morgan fingerprint density at radius 2 is 1.87 bits per heavy atom. The molecule has 11 nitrogen and oxygen atoms in total. The highest BCUT2D eigenvalue weighted by atomic mass is 16.6. The Bertz CT molecular complexity index is 820. The molecule has 0 aromatic rings. The predicted octanol–water partition coefficient (Wildman–Crippen LogP) is 1.92. The molecular weight excluding hydrogens is 494 g/mol. The van der Waals surface area contributed by atoms with Crippen molar-refractivity contribution in [3.8, 4) is 0 Å². The van der Waals surface area contributed by atoms with Crippen molar-refractivity contribution in [3.05, 3.63) is 0 Å². The molecule has 1 spiro atoms. The number of carbonyl (C=O) groups excluding carboxylic acids is 3. The highest BCUT2D eigenvalue weighted by Gasteiger charge is 2.72. The number of ether oxygens (including phenoxy) is 5. The number of likely N-dealkylation sites (N-methyl/N-ethyl adjacent to an activating group) is 1. The molecule has 1 aliphatic carbocycles. The number of hydrogen-bond donors (Lipinski definition) is 3. The molecule has 3 fully saturated rings. The maximum absolute atomic E-state index is 12.9. The minimum absolute atomic E-state index is 0.0572. The van der Waals surface area contributed by atoms with Crippen LogP contribution in [0.3, 0.4) is 0 Å². The number of hydrogen-bond acceptors (Lipinski definition) is 9. The van der Waals surface area contributed by atoms with Crippen molar-refractivity contribution in [2.24, 2.45) is 11.8 Å². The van der Waals surface area contributed by atoms with Gasteiger partial charge in [0.2, 0.25) is 5.91 Å². The molecule has 0 bridgehead atoms. The molecule has 2 heterocycles. The molecular formula is C27H47N3O8. The predicted molar refractivity (Wildman–Crippen MR) is 140 cm³/mol. The van der Waals surface area contributed by atoms with E-state index in [0.717, 1.165) is 19.3 Å². The van der Waals surface area contributed by atoms with Crippen molar-refractivity contribution in [1.29, 1.82) is 0 Å². The molecule has 1 saturated carbocycles. The summed E-state index contributed by atoms with van der Waals surface area (Å²) in [5, 5.41) is 8.26. The zero-order valence-electron chi connectivity index (χ0n) is 23.8. The summed E-state index contributed by atoms with van der Waals surface area (Å²) < 4.78 is 28.9. The smallest absolute Gasteiger partial charge is 0.408 e. The van der Waals surface area contributed by atoms with E-state index in [4.69, 9.17) is 23.7 Å². The standard InChI is InChI=1S/C27H47N3O8/c1-17(2)10-11-20-26(3,38-20)23-22(34-5)19(12-13-27(23)16-36-27)37-25(33)30-18(24(32)35-6)9-7-8-14-29-21(31)15-28-4/h17-20,22-23,28H,7-16H2,1-6H3,(H,29,31)(H,30,33)/t18?,19?,20-,22?,23?,26+,27+/m1/s1. The Morgan fingerprint density at radius 1 is 1.13 bits per heavy atom. The van der Waals surface area contributed by atoms with Crippen LogP contribution in [-0.4, -0.2) is 94.5 Å². The maximum atomic E-state index is 12.9. The van der Waals surface area contributed by atoms with Gasteiger partial charge < -0.3 is 39.6 Å². The van der Waals surface area contributed by atoms with Crippen LogP contribution >= 0.6 is 0 Å². The number of alkyl carbamates (subject to hydrolysis) is 1. The third-order valence-electron chi connectivity index (χ3n) is 8.12. The SMILES string of the molecule is CNCC(=O)NCCCCC(NC(=O)OC1CC[C@]2(CO2)C([C@@]2(C)O[C@@H]2CCC(C)C)C1OC)C(=O)OC. The van der Waals surface area contributed by atoms with Gasteiger partial charge in [-0.1, -0.05) is 13.8 Å². The average Bonchev–Trinajstić information content (AvgIpc) is 3.79. The third-order valence-corrected chi connectivity index (χ3v) is 8.12. The van der Waals surface area contributed by atoms with Crippen LogP contribution in [0.4, 0.5) is 4.79 Å². The van der Waals surface area contributed by atoms with E-state index >= 15 is 0 Å². The first-order chi connectivity index (χ1) is 18.1. The lowest BCUT2D eigenvalue weighted by Crippen LogP contribution is -2.56. The summed E-state index contributed by atoms with van der Waals surface area (Å²) in [6.07, 6.45) is 3.62. The number of rotatable bonds is 15. The zero-order chi connectivity index (χ0) is 27.9. The molecule has 3 rings (SSSR count). The first-order valence-electron chi connectivity index (χ1n) is 13.9. The fourth-order valence-corrected chi connectivity index (χ4v) is 5.90. The van der Waals surface area contributed by atoms with Gasteiger partial charge in [0, 0.05) is 13.7 Å². The van der Waals surface area contributed by atoms with E-state index in [1.165, 1.54) is 7.11 Å². The number of carbonyl (C=O) groups is 3. The van der Waals surface area contributed by atoms with Crippen LogP contribution in [0.2, 0.25) is 0 Å². The van der Waals surface area contributed by atoms with Gasteiger partial charge in [0.1, 0.15) is 29.5 Å². The van der Waals surface area contributed by atoms with Crippen LogP contribution in [0.15, 0.2) is 0 Å². The second kappa shape index (κ2) is 13.4. The lowest BCUT2D eigenvalue weighted by atomic mass is 9.68. The van der Waals surface area contributed by atoms with Crippen LogP contribution < -0.4 is 16.0 Å². The molecule has 3 aliphatic rings. The van der Waals surface area contributed by atoms with E-state index in [1.54, 1.807) is 14.2 Å². The van der Waals surface area contributed by atoms with Crippen LogP contribution in [-0.2, 0) is 33.3 Å². The fourth-order valence-electron chi connectivity index (χ4n) is 5.90. The summed E-state index contributed by atoms with van der Waals surface area (Å²) in [7, 11) is 4.62. The van der Waals surface area contributed by atoms with Crippen molar-refractivity contribution in [3.63, 3.8) is 0 Å². The van der Waals surface area contributed by atoms with Crippen LogP contribution in [0.5, 0.6) is 0 Å². The van der Waals surface area contributed by atoms with Crippen molar-refractivity contribution >= 4 is 18.0 Å². The zero-order valence-corrected chi connectivity index (χ0v) is 23.8. The van der Waals surface area contributed by atoms with Crippen molar-refractivity contribution < 1.29 is 38.1 Å². The molecule has 0 radical (unpaired) electrons. The summed E-state index contributed by atoms with van der Waals surface area (Å²) >= 11 is 0. The largest absolute Gasteiger partial charge is 0.467 e. The molecule has 38 heavy (non-hydrogen) atoms. The van der Waals surface area contributed by atoms with Crippen LogP contribution in [0, 0.1) is 11.8 Å². The fraction of sp³-hybridized carbons (Fsp3) is 0.889. The normalized spacial score (nSPS) is 32.5. The Balaban J connectivity index is 1.55. The van der Waals surface area contributed by atoms with E-state index < -0.39 is 24.2 Å². The second-order valence-electron chi connectivity index (χ2n) is 11.4. The van der Waals surface area contributed by atoms with Gasteiger partial charge >= 0.3 is 12.1 Å². The minimum atomic E-state index is -0.844. The molecule has 0 aromatic carbocycles. The van der Waals surface area contributed by atoms with E-state index in [1.807, 2.05) is 0 Å². The number of methoxy groups -OCH3 is 2. The molecule has 11 heteroatoms. The molecule has 218 valence electrons. The van der Waals surface area contributed by atoms with Crippen molar-refractivity contribution in [1.82, 2.24) is 16.0 Å². The lowest BCUT2D eigenvalue weighted by Gasteiger charge is -2.42. The van der Waals surface area contributed by atoms with E-state index in [0.29, 0.717) is 44.8 Å². The topological polar surface area (TPSA) is 140 Å². The molecule has 7 atom stereocenters. The summed E-state index contributed by atoms with van der Waals surface area (Å²) in [5.74, 6) is -0.0903. The quantitative estimate of drug-likeness (QED) is 0.161. The maximum Gasteiger partial charge on any atom is 0.408 e. The van der Waals surface area contributed by atoms with Crippen molar-refractivity contribution in [2.75, 3.05) is 41.0 Å². The minimum Gasteiger partial charge on any atom is -0.467 e. The van der Waals surface area contributed by atoms with E-state index in [-0.39, 0.29) is 41.8 Å². The molecule has 2 aliphatic heterocycles. The van der Waals surface area contributed by atoms with Gasteiger partial charge in [0.25, 0.3) is 0 Å². The Kier molecular flexibility index (Phi) is 10.8. The molecule has 2 amide bonds. The summed E-state index contributed by atoms with van der Waals surface area (Å²) in [6.45, 7) is 7.93. The molecule has 3 N–H and O–H groups in total. The van der Waals surface area contributed by atoms with Gasteiger partial charge in [-0.2, -0.15) is 0 Å². The number of nitrogens with one attached hydrogen (secondary N) is 3. The summed E-state index contributed by atoms with van der Waals surface area (Å²) in [4.78, 5) is 36.8. The summed E-state index contributed by atoms with van der Waals surface area (Å²) in [5.41, 5.74) is -0.683. The van der Waals surface area contributed by atoms with Crippen molar-refractivity contribution in [2.45, 2.75) is 101 Å². The Morgan fingerprint density at radius 3 is 2.47 bits per heavy atom. The van der Waals surface area contributed by atoms with Crippen LogP contribution in [0.25, 0.3) is 0 Å².